The van der Waals surface area contributed by atoms with Gasteiger partial charge in [0.15, 0.2) is 16.3 Å². The lowest BCUT2D eigenvalue weighted by atomic mass is 9.94. The lowest BCUT2D eigenvalue weighted by molar-refractivity contribution is -0.139. The Bertz CT molecular complexity index is 2250. The molecule has 1 aliphatic heterocycles. The molecule has 6 rings (SSSR count). The summed E-state index contributed by atoms with van der Waals surface area (Å²) >= 11 is 4.88. The molecule has 0 fully saturated rings. The third-order valence-corrected chi connectivity index (χ3v) is 9.62. The second-order valence-corrected chi connectivity index (χ2v) is 12.7. The van der Waals surface area contributed by atoms with Crippen molar-refractivity contribution in [1.29, 1.82) is 0 Å². The zero-order valence-electron chi connectivity index (χ0n) is 27.0. The molecule has 0 amide bonds. The number of carbonyl (C=O) groups is 1. The lowest BCUT2D eigenvalue weighted by Crippen LogP contribution is -2.40. The fraction of sp³-hybridized carbons (Fsp3) is 0.216. The smallest absolute Gasteiger partial charge is 0.338 e. The quantitative estimate of drug-likeness (QED) is 0.155. The number of fused-ring (bicyclic) bond motifs is 2. The molecule has 9 nitrogen and oxygen atoms in total. The van der Waals surface area contributed by atoms with E-state index in [2.05, 4.69) is 39.1 Å². The van der Waals surface area contributed by atoms with Gasteiger partial charge in [0.1, 0.15) is 24.1 Å². The summed E-state index contributed by atoms with van der Waals surface area (Å²) in [5.41, 5.74) is 2.70. The zero-order chi connectivity index (χ0) is 33.9. The van der Waals surface area contributed by atoms with Crippen LogP contribution in [0.25, 0.3) is 16.8 Å². The number of nitrogens with zero attached hydrogens (tertiary/aromatic N) is 2. The first-order chi connectivity index (χ1) is 23.3. The number of thiazole rings is 1. The molecule has 0 saturated carbocycles. The number of aromatic nitrogens is 1. The third kappa shape index (κ3) is 6.23. The highest BCUT2D eigenvalue weighted by Crippen LogP contribution is 2.39. The van der Waals surface area contributed by atoms with E-state index in [1.54, 1.807) is 52.3 Å². The van der Waals surface area contributed by atoms with Crippen LogP contribution in [0.15, 0.2) is 98.3 Å². The van der Waals surface area contributed by atoms with Gasteiger partial charge in [-0.3, -0.25) is 9.36 Å². The van der Waals surface area contributed by atoms with Gasteiger partial charge in [-0.15, -0.1) is 0 Å². The van der Waals surface area contributed by atoms with Crippen molar-refractivity contribution in [3.8, 4) is 23.0 Å². The second-order valence-electron chi connectivity index (χ2n) is 10.9. The van der Waals surface area contributed by atoms with Crippen molar-refractivity contribution in [2.24, 2.45) is 4.99 Å². The molecule has 11 heteroatoms. The molecular formula is C37H33BrN2O7S. The number of carbonyl (C=O) groups excluding carboxylic acids is 1. The van der Waals surface area contributed by atoms with Gasteiger partial charge in [0, 0.05) is 5.56 Å². The molecule has 5 aromatic rings. The predicted molar refractivity (Wildman–Crippen MR) is 189 cm³/mol. The molecule has 0 saturated heterocycles. The Kier molecular flexibility index (Phi) is 9.70. The van der Waals surface area contributed by atoms with Crippen molar-refractivity contribution in [3.63, 3.8) is 0 Å². The maximum Gasteiger partial charge on any atom is 0.338 e. The van der Waals surface area contributed by atoms with Crippen LogP contribution in [0.1, 0.15) is 36.6 Å². The Morgan fingerprint density at radius 2 is 1.75 bits per heavy atom. The second kappa shape index (κ2) is 14.1. The molecule has 1 atom stereocenters. The maximum absolute atomic E-state index is 14.2. The van der Waals surface area contributed by atoms with Crippen molar-refractivity contribution in [3.05, 3.63) is 125 Å². The van der Waals surface area contributed by atoms with Crippen molar-refractivity contribution in [2.75, 3.05) is 27.9 Å². The topological polar surface area (TPSA) is 97.6 Å². The minimum atomic E-state index is -0.862. The largest absolute Gasteiger partial charge is 0.497 e. The molecular weight excluding hydrogens is 696 g/mol. The highest BCUT2D eigenvalue weighted by Gasteiger charge is 2.35. The van der Waals surface area contributed by atoms with Gasteiger partial charge < -0.3 is 23.7 Å². The Labute approximate surface area is 289 Å². The van der Waals surface area contributed by atoms with Gasteiger partial charge in [-0.2, -0.15) is 0 Å². The van der Waals surface area contributed by atoms with Crippen molar-refractivity contribution in [2.45, 2.75) is 26.5 Å². The van der Waals surface area contributed by atoms with E-state index in [1.807, 2.05) is 36.4 Å². The van der Waals surface area contributed by atoms with Crippen LogP contribution >= 0.6 is 27.3 Å². The Morgan fingerprint density at radius 1 is 0.979 bits per heavy atom. The van der Waals surface area contributed by atoms with Gasteiger partial charge in [-0.25, -0.2) is 9.79 Å². The number of halogens is 1. The molecule has 0 bridgehead atoms. The number of hydrogen-bond donors (Lipinski definition) is 0. The molecule has 2 heterocycles. The normalized spacial score (nSPS) is 14.4. The first-order valence-corrected chi connectivity index (χ1v) is 16.8. The molecule has 0 unspecified atom stereocenters. The minimum absolute atomic E-state index is 0.167. The van der Waals surface area contributed by atoms with Crippen LogP contribution in [0.2, 0.25) is 0 Å². The molecule has 0 aliphatic carbocycles. The average molecular weight is 730 g/mol. The van der Waals surface area contributed by atoms with Gasteiger partial charge in [0.25, 0.3) is 5.56 Å². The highest BCUT2D eigenvalue weighted by molar-refractivity contribution is 9.10. The number of methoxy groups -OCH3 is 3. The van der Waals surface area contributed by atoms with E-state index in [0.717, 1.165) is 16.3 Å². The van der Waals surface area contributed by atoms with Crippen LogP contribution in [0.3, 0.4) is 0 Å². The van der Waals surface area contributed by atoms with E-state index in [-0.39, 0.29) is 17.7 Å². The van der Waals surface area contributed by atoms with Gasteiger partial charge in [-0.05, 0) is 88.1 Å². The molecule has 0 N–H and O–H groups in total. The summed E-state index contributed by atoms with van der Waals surface area (Å²) in [5, 5.41) is 2.26. The predicted octanol–water partition coefficient (Wildman–Crippen LogP) is 6.32. The van der Waals surface area contributed by atoms with Crippen LogP contribution in [-0.2, 0) is 16.1 Å². The van der Waals surface area contributed by atoms with Crippen molar-refractivity contribution < 1.29 is 28.5 Å². The van der Waals surface area contributed by atoms with E-state index >= 15 is 0 Å². The SMILES string of the molecule is CCOC(=O)C1=C(C)N=c2s/c(=C\c3cc(Br)c(OCc4cccc5ccccc45)c(OC)c3)c(=O)n2[C@@H]1c1cc(OC)ccc1OC. The molecule has 1 aliphatic rings. The first kappa shape index (κ1) is 33.0. The summed E-state index contributed by atoms with van der Waals surface area (Å²) in [4.78, 5) is 32.7. The number of rotatable bonds is 10. The molecule has 4 aromatic carbocycles. The first-order valence-electron chi connectivity index (χ1n) is 15.2. The maximum atomic E-state index is 14.2. The van der Waals surface area contributed by atoms with Crippen LogP contribution in [0, 0.1) is 0 Å². The standard InChI is InChI=1S/C37H33BrN2O7S/c1-6-46-36(42)32-21(2)39-37-40(33(32)27-19-25(43-3)14-15-29(27)44-4)35(41)31(48-37)18-22-16-28(38)34(30(17-22)45-5)47-20-24-12-9-11-23-10-7-8-13-26(23)24/h7-19,33H,6,20H2,1-5H3/b31-18-/t33-/m1/s1. The Morgan fingerprint density at radius 3 is 2.50 bits per heavy atom. The lowest BCUT2D eigenvalue weighted by Gasteiger charge is -2.26. The fourth-order valence-electron chi connectivity index (χ4n) is 5.82. The van der Waals surface area contributed by atoms with E-state index in [0.29, 0.717) is 60.2 Å². The van der Waals surface area contributed by atoms with Crippen molar-refractivity contribution >= 4 is 50.1 Å². The summed E-state index contributed by atoms with van der Waals surface area (Å²) in [6, 6.07) is 22.4. The number of ether oxygens (including phenoxy) is 5. The number of allylic oxidation sites excluding steroid dienone is 1. The monoisotopic (exact) mass is 728 g/mol. The molecule has 48 heavy (non-hydrogen) atoms. The summed E-state index contributed by atoms with van der Waals surface area (Å²) in [6.45, 7) is 3.98. The average Bonchev–Trinajstić information content (AvgIpc) is 3.40. The van der Waals surface area contributed by atoms with E-state index < -0.39 is 12.0 Å². The Balaban J connectivity index is 1.43. The molecule has 0 radical (unpaired) electrons. The van der Waals surface area contributed by atoms with Crippen LogP contribution in [0.4, 0.5) is 0 Å². The summed E-state index contributed by atoms with van der Waals surface area (Å²) in [7, 11) is 4.67. The third-order valence-electron chi connectivity index (χ3n) is 8.05. The Hall–Kier alpha value is -4.87. The van der Waals surface area contributed by atoms with Crippen LogP contribution < -0.4 is 33.8 Å². The van der Waals surface area contributed by atoms with Gasteiger partial charge in [-0.1, -0.05) is 53.8 Å². The summed E-state index contributed by atoms with van der Waals surface area (Å²) in [5.74, 6) is 1.52. The number of benzene rings is 4. The van der Waals surface area contributed by atoms with E-state index in [1.165, 1.54) is 23.0 Å². The minimum Gasteiger partial charge on any atom is -0.497 e. The zero-order valence-corrected chi connectivity index (χ0v) is 29.4. The van der Waals surface area contributed by atoms with Gasteiger partial charge >= 0.3 is 5.97 Å². The molecule has 0 spiro atoms. The molecule has 1 aromatic heterocycles. The van der Waals surface area contributed by atoms with Crippen molar-refractivity contribution in [1.82, 2.24) is 4.57 Å². The van der Waals surface area contributed by atoms with Crippen LogP contribution in [-0.4, -0.2) is 38.5 Å². The summed E-state index contributed by atoms with van der Waals surface area (Å²) in [6.07, 6.45) is 1.77. The van der Waals surface area contributed by atoms with Crippen LogP contribution in [0.5, 0.6) is 23.0 Å². The van der Waals surface area contributed by atoms with E-state index in [4.69, 9.17) is 23.7 Å². The summed E-state index contributed by atoms with van der Waals surface area (Å²) < 4.78 is 31.2. The van der Waals surface area contributed by atoms with Gasteiger partial charge in [0.05, 0.1) is 48.2 Å². The van der Waals surface area contributed by atoms with E-state index in [9.17, 15) is 9.59 Å². The van der Waals surface area contributed by atoms with Gasteiger partial charge in [0.2, 0.25) is 0 Å². The number of esters is 1. The molecule has 246 valence electrons. The highest BCUT2D eigenvalue weighted by atomic mass is 79.9. The number of hydrogen-bond acceptors (Lipinski definition) is 9. The fourth-order valence-corrected chi connectivity index (χ4v) is 7.44.